The van der Waals surface area contributed by atoms with Gasteiger partial charge in [0.25, 0.3) is 0 Å². The van der Waals surface area contributed by atoms with Crippen molar-refractivity contribution in [1.82, 2.24) is 9.88 Å². The standard InChI is InChI=1S/C19H23ClN2O4/c1-5-25-17(23)15-10-16(20)21-11-14(15)7-6-13-8-9-22(12-13)18(24)26-19(2,3)4/h10-11,13H,5,8-9,12H2,1-4H3. The van der Waals surface area contributed by atoms with Crippen LogP contribution in [0.15, 0.2) is 12.3 Å². The molecule has 0 N–H and O–H groups in total. The second-order valence-electron chi connectivity index (χ2n) is 6.95. The molecule has 1 fully saturated rings. The molecule has 1 amide bonds. The summed E-state index contributed by atoms with van der Waals surface area (Å²) in [6, 6.07) is 1.45. The van der Waals surface area contributed by atoms with Gasteiger partial charge in [0.15, 0.2) is 0 Å². The average molecular weight is 379 g/mol. The third-order valence-corrected chi connectivity index (χ3v) is 3.82. The fourth-order valence-corrected chi connectivity index (χ4v) is 2.62. The third-order valence-electron chi connectivity index (χ3n) is 3.62. The summed E-state index contributed by atoms with van der Waals surface area (Å²) in [7, 11) is 0. The van der Waals surface area contributed by atoms with Crippen LogP contribution in [0.5, 0.6) is 0 Å². The summed E-state index contributed by atoms with van der Waals surface area (Å²) in [5.41, 5.74) is 0.231. The number of carbonyl (C=O) groups is 2. The topological polar surface area (TPSA) is 68.7 Å². The zero-order chi connectivity index (χ0) is 19.3. The molecule has 0 aliphatic carbocycles. The molecule has 0 bridgehead atoms. The Morgan fingerprint density at radius 2 is 2.15 bits per heavy atom. The van der Waals surface area contributed by atoms with E-state index in [2.05, 4.69) is 16.8 Å². The Morgan fingerprint density at radius 1 is 1.42 bits per heavy atom. The highest BCUT2D eigenvalue weighted by atomic mass is 35.5. The van der Waals surface area contributed by atoms with Gasteiger partial charge in [-0.15, -0.1) is 0 Å². The van der Waals surface area contributed by atoms with Gasteiger partial charge in [-0.05, 0) is 40.2 Å². The molecule has 1 aromatic heterocycles. The van der Waals surface area contributed by atoms with Crippen molar-refractivity contribution in [2.75, 3.05) is 19.7 Å². The summed E-state index contributed by atoms with van der Waals surface area (Å²) < 4.78 is 10.4. The quantitative estimate of drug-likeness (QED) is 0.447. The lowest BCUT2D eigenvalue weighted by molar-refractivity contribution is 0.0291. The number of carbonyl (C=O) groups excluding carboxylic acids is 2. The highest BCUT2D eigenvalue weighted by Crippen LogP contribution is 2.20. The zero-order valence-electron chi connectivity index (χ0n) is 15.5. The number of hydrogen-bond acceptors (Lipinski definition) is 5. The minimum Gasteiger partial charge on any atom is -0.462 e. The van der Waals surface area contributed by atoms with E-state index in [4.69, 9.17) is 21.1 Å². The molecule has 0 saturated carbocycles. The maximum atomic E-state index is 12.1. The van der Waals surface area contributed by atoms with Gasteiger partial charge in [-0.3, -0.25) is 0 Å². The summed E-state index contributed by atoms with van der Waals surface area (Å²) in [5.74, 6) is 5.62. The van der Waals surface area contributed by atoms with Crippen LogP contribution in [0.1, 0.15) is 50.0 Å². The molecule has 0 aromatic carbocycles. The SMILES string of the molecule is CCOC(=O)c1cc(Cl)ncc1C#CC1CCN(C(=O)OC(C)(C)C)C1. The van der Waals surface area contributed by atoms with Crippen LogP contribution in [0.3, 0.4) is 0 Å². The average Bonchev–Trinajstić information content (AvgIpc) is 3.01. The van der Waals surface area contributed by atoms with Crippen molar-refractivity contribution >= 4 is 23.7 Å². The molecule has 1 atom stereocenters. The van der Waals surface area contributed by atoms with Gasteiger partial charge >= 0.3 is 12.1 Å². The van der Waals surface area contributed by atoms with Gasteiger partial charge in [0.1, 0.15) is 10.8 Å². The Bertz CT molecular complexity index is 746. The number of likely N-dealkylation sites (tertiary alicyclic amines) is 1. The molecule has 1 aliphatic heterocycles. The lowest BCUT2D eigenvalue weighted by atomic mass is 10.1. The second kappa shape index (κ2) is 8.41. The van der Waals surface area contributed by atoms with Crippen LogP contribution >= 0.6 is 11.6 Å². The zero-order valence-corrected chi connectivity index (χ0v) is 16.2. The maximum absolute atomic E-state index is 12.1. The third kappa shape index (κ3) is 5.63. The molecule has 0 spiro atoms. The van der Waals surface area contributed by atoms with Gasteiger partial charge < -0.3 is 14.4 Å². The molecular weight excluding hydrogens is 356 g/mol. The lowest BCUT2D eigenvalue weighted by Crippen LogP contribution is -2.35. The van der Waals surface area contributed by atoms with E-state index >= 15 is 0 Å². The summed E-state index contributed by atoms with van der Waals surface area (Å²) >= 11 is 5.87. The normalized spacial score (nSPS) is 16.7. The summed E-state index contributed by atoms with van der Waals surface area (Å²) in [6.07, 6.45) is 1.88. The van der Waals surface area contributed by atoms with E-state index < -0.39 is 11.6 Å². The van der Waals surface area contributed by atoms with Gasteiger partial charge in [0.2, 0.25) is 0 Å². The van der Waals surface area contributed by atoms with E-state index in [1.165, 1.54) is 12.3 Å². The first-order valence-electron chi connectivity index (χ1n) is 8.51. The van der Waals surface area contributed by atoms with Crippen LogP contribution in [0, 0.1) is 17.8 Å². The molecule has 0 radical (unpaired) electrons. The lowest BCUT2D eigenvalue weighted by Gasteiger charge is -2.24. The van der Waals surface area contributed by atoms with E-state index in [1.807, 2.05) is 20.8 Å². The van der Waals surface area contributed by atoms with Crippen molar-refractivity contribution in [2.24, 2.45) is 5.92 Å². The first-order valence-corrected chi connectivity index (χ1v) is 8.89. The van der Waals surface area contributed by atoms with Gasteiger partial charge in [0, 0.05) is 25.2 Å². The van der Waals surface area contributed by atoms with Crippen molar-refractivity contribution in [1.29, 1.82) is 0 Å². The van der Waals surface area contributed by atoms with Crippen molar-refractivity contribution < 1.29 is 19.1 Å². The Hall–Kier alpha value is -2.26. The fourth-order valence-electron chi connectivity index (χ4n) is 2.46. The van der Waals surface area contributed by atoms with Crippen LogP contribution in [0.2, 0.25) is 5.15 Å². The highest BCUT2D eigenvalue weighted by molar-refractivity contribution is 6.29. The van der Waals surface area contributed by atoms with Gasteiger partial charge in [-0.2, -0.15) is 0 Å². The predicted octanol–water partition coefficient (Wildman–Crippen LogP) is 3.52. The number of hydrogen-bond donors (Lipinski definition) is 0. The van der Waals surface area contributed by atoms with E-state index in [0.717, 1.165) is 6.42 Å². The molecule has 2 rings (SSSR count). The molecule has 1 unspecified atom stereocenters. The number of pyridine rings is 1. The summed E-state index contributed by atoms with van der Waals surface area (Å²) in [6.45, 7) is 8.60. The second-order valence-corrected chi connectivity index (χ2v) is 7.34. The van der Waals surface area contributed by atoms with Crippen molar-refractivity contribution in [3.05, 3.63) is 28.5 Å². The summed E-state index contributed by atoms with van der Waals surface area (Å²) in [5, 5.41) is 0.204. The number of halogens is 1. The molecule has 1 saturated heterocycles. The summed E-state index contributed by atoms with van der Waals surface area (Å²) in [4.78, 5) is 29.8. The van der Waals surface area contributed by atoms with Gasteiger partial charge in [0.05, 0.1) is 17.7 Å². The van der Waals surface area contributed by atoms with Crippen molar-refractivity contribution in [3.8, 4) is 11.8 Å². The number of amides is 1. The molecular formula is C19H23ClN2O4. The number of rotatable bonds is 2. The predicted molar refractivity (Wildman–Crippen MR) is 98.0 cm³/mol. The number of nitrogens with zero attached hydrogens (tertiary/aromatic N) is 2. The van der Waals surface area contributed by atoms with Gasteiger partial charge in [-0.25, -0.2) is 14.6 Å². The Kier molecular flexibility index (Phi) is 6.49. The van der Waals surface area contributed by atoms with Crippen molar-refractivity contribution in [3.63, 3.8) is 0 Å². The van der Waals surface area contributed by atoms with E-state index in [0.29, 0.717) is 24.2 Å². The Morgan fingerprint density at radius 3 is 2.81 bits per heavy atom. The maximum Gasteiger partial charge on any atom is 0.410 e. The first-order chi connectivity index (χ1) is 12.2. The van der Waals surface area contributed by atoms with Crippen LogP contribution in [0.25, 0.3) is 0 Å². The van der Waals surface area contributed by atoms with Crippen LogP contribution < -0.4 is 0 Å². The number of esters is 1. The molecule has 7 heteroatoms. The minimum absolute atomic E-state index is 0.00763. The minimum atomic E-state index is -0.523. The van der Waals surface area contributed by atoms with E-state index in [1.54, 1.807) is 11.8 Å². The van der Waals surface area contributed by atoms with E-state index in [9.17, 15) is 9.59 Å². The Labute approximate surface area is 158 Å². The molecule has 140 valence electrons. The fraction of sp³-hybridized carbons (Fsp3) is 0.526. The number of aromatic nitrogens is 1. The molecule has 6 nitrogen and oxygen atoms in total. The largest absolute Gasteiger partial charge is 0.462 e. The molecule has 26 heavy (non-hydrogen) atoms. The van der Waals surface area contributed by atoms with Crippen molar-refractivity contribution in [2.45, 2.75) is 39.7 Å². The van der Waals surface area contributed by atoms with Crippen LogP contribution in [0.4, 0.5) is 4.79 Å². The molecule has 1 aliphatic rings. The highest BCUT2D eigenvalue weighted by Gasteiger charge is 2.28. The van der Waals surface area contributed by atoms with E-state index in [-0.39, 0.29) is 23.8 Å². The van der Waals surface area contributed by atoms with Crippen LogP contribution in [-0.4, -0.2) is 47.2 Å². The molecule has 2 heterocycles. The first kappa shape index (κ1) is 20.1. The Balaban J connectivity index is 2.09. The van der Waals surface area contributed by atoms with Crippen LogP contribution in [-0.2, 0) is 9.47 Å². The number of ether oxygens (including phenoxy) is 2. The van der Waals surface area contributed by atoms with Gasteiger partial charge in [-0.1, -0.05) is 23.4 Å². The monoisotopic (exact) mass is 378 g/mol. The molecule has 1 aromatic rings. The smallest absolute Gasteiger partial charge is 0.410 e.